The van der Waals surface area contributed by atoms with E-state index in [1.165, 1.54) is 14.2 Å². The molecule has 0 unspecified atom stereocenters. The molecule has 6 heteroatoms. The number of ether oxygens (including phenoxy) is 2. The maximum absolute atomic E-state index is 9.04. The molecule has 6 nitrogen and oxygen atoms in total. The molecule has 0 aliphatic heterocycles. The summed E-state index contributed by atoms with van der Waals surface area (Å²) in [7, 11) is 2.57. The van der Waals surface area contributed by atoms with E-state index in [2.05, 4.69) is 0 Å². The van der Waals surface area contributed by atoms with Gasteiger partial charge >= 0.3 is 0 Å². The average molecular weight is 238 g/mol. The summed E-state index contributed by atoms with van der Waals surface area (Å²) in [5.41, 5.74) is -0.608. The molecule has 0 fully saturated rings. The van der Waals surface area contributed by atoms with Gasteiger partial charge in [0, 0.05) is 0 Å². The molecule has 0 bridgehead atoms. The summed E-state index contributed by atoms with van der Waals surface area (Å²) >= 11 is 0. The number of methoxy groups -OCH3 is 2. The topological polar surface area (TPSA) is 114 Å². The van der Waals surface area contributed by atoms with Crippen LogP contribution in [0.1, 0.15) is 22.3 Å². The Balaban J connectivity index is 4.03. The van der Waals surface area contributed by atoms with Gasteiger partial charge in [-0.05, 0) is 0 Å². The minimum absolute atomic E-state index is 0.0212. The minimum atomic E-state index is -0.186. The summed E-state index contributed by atoms with van der Waals surface area (Å²) in [6.45, 7) is 0. The van der Waals surface area contributed by atoms with E-state index in [0.29, 0.717) is 0 Å². The average Bonchev–Trinajstić information content (AvgIpc) is 2.43. The van der Waals surface area contributed by atoms with Gasteiger partial charge in [-0.15, -0.1) is 0 Å². The molecule has 0 saturated heterocycles. The van der Waals surface area contributed by atoms with E-state index < -0.39 is 0 Å². The first-order valence-corrected chi connectivity index (χ1v) is 4.62. The molecule has 0 aliphatic rings. The third kappa shape index (κ3) is 1.65. The van der Waals surface area contributed by atoms with Gasteiger partial charge in [0.1, 0.15) is 35.4 Å². The SMILES string of the molecule is COc1c(C#N)c(C#N)c(C#N)c(C#N)c1OC. The monoisotopic (exact) mass is 238 g/mol. The second kappa shape index (κ2) is 5.21. The largest absolute Gasteiger partial charge is 0.491 e. The van der Waals surface area contributed by atoms with E-state index in [1.54, 1.807) is 24.3 Å². The lowest BCUT2D eigenvalue weighted by Gasteiger charge is -2.13. The van der Waals surface area contributed by atoms with Crippen molar-refractivity contribution in [3.8, 4) is 35.8 Å². The third-order valence-electron chi connectivity index (χ3n) is 2.27. The third-order valence-corrected chi connectivity index (χ3v) is 2.27. The van der Waals surface area contributed by atoms with Crippen LogP contribution in [0.3, 0.4) is 0 Å². The van der Waals surface area contributed by atoms with Crippen LogP contribution in [-0.2, 0) is 0 Å². The molecular formula is C12H6N4O2. The van der Waals surface area contributed by atoms with E-state index in [0.717, 1.165) is 0 Å². The number of hydrogen-bond donors (Lipinski definition) is 0. The molecule has 0 atom stereocenters. The fraction of sp³-hybridized carbons (Fsp3) is 0.167. The standard InChI is InChI=1S/C12H6N4O2/c1-17-11-9(5-15)7(3-13)8(4-14)10(6-16)12(11)18-2/h1-2H3. The first-order valence-electron chi connectivity index (χ1n) is 4.62. The molecule has 0 heterocycles. The highest BCUT2D eigenvalue weighted by Crippen LogP contribution is 2.38. The van der Waals surface area contributed by atoms with Crippen molar-refractivity contribution in [3.63, 3.8) is 0 Å². The molecule has 18 heavy (non-hydrogen) atoms. The van der Waals surface area contributed by atoms with Gasteiger partial charge in [0.2, 0.25) is 0 Å². The van der Waals surface area contributed by atoms with Crippen molar-refractivity contribution in [1.82, 2.24) is 0 Å². The molecule has 1 aromatic carbocycles. The quantitative estimate of drug-likeness (QED) is 0.764. The van der Waals surface area contributed by atoms with Gasteiger partial charge in [-0.2, -0.15) is 21.0 Å². The highest BCUT2D eigenvalue weighted by atomic mass is 16.5. The molecule has 0 saturated carbocycles. The van der Waals surface area contributed by atoms with Crippen molar-refractivity contribution in [2.45, 2.75) is 0 Å². The summed E-state index contributed by atoms with van der Waals surface area (Å²) in [6.07, 6.45) is 0. The molecule has 0 radical (unpaired) electrons. The predicted octanol–water partition coefficient (Wildman–Crippen LogP) is 1.19. The number of benzene rings is 1. The van der Waals surface area contributed by atoms with Gasteiger partial charge in [0.15, 0.2) is 11.5 Å². The van der Waals surface area contributed by atoms with E-state index in [1.807, 2.05) is 0 Å². The van der Waals surface area contributed by atoms with Gasteiger partial charge in [0.05, 0.1) is 25.3 Å². The van der Waals surface area contributed by atoms with E-state index in [4.69, 9.17) is 30.5 Å². The van der Waals surface area contributed by atoms with Crippen LogP contribution >= 0.6 is 0 Å². The molecule has 0 aromatic heterocycles. The number of nitrogens with zero attached hydrogens (tertiary/aromatic N) is 4. The van der Waals surface area contributed by atoms with Crippen LogP contribution in [0.5, 0.6) is 11.5 Å². The van der Waals surface area contributed by atoms with Gasteiger partial charge in [-0.1, -0.05) is 0 Å². The number of hydrogen-bond acceptors (Lipinski definition) is 6. The molecule has 0 spiro atoms. The molecule has 0 N–H and O–H groups in total. The van der Waals surface area contributed by atoms with E-state index >= 15 is 0 Å². The lowest BCUT2D eigenvalue weighted by molar-refractivity contribution is 0.353. The van der Waals surface area contributed by atoms with Crippen molar-refractivity contribution in [1.29, 1.82) is 21.0 Å². The van der Waals surface area contributed by atoms with Crippen LogP contribution < -0.4 is 9.47 Å². The summed E-state index contributed by atoms with van der Waals surface area (Å²) < 4.78 is 9.97. The number of nitriles is 4. The fourth-order valence-corrected chi connectivity index (χ4v) is 1.53. The zero-order valence-electron chi connectivity index (χ0n) is 9.61. The highest BCUT2D eigenvalue weighted by Gasteiger charge is 2.25. The van der Waals surface area contributed by atoms with Crippen molar-refractivity contribution < 1.29 is 9.47 Å². The summed E-state index contributed by atoms with van der Waals surface area (Å²) in [5.74, 6) is -0.0424. The zero-order valence-corrected chi connectivity index (χ0v) is 9.61. The van der Waals surface area contributed by atoms with Crippen molar-refractivity contribution in [2.24, 2.45) is 0 Å². The Hall–Kier alpha value is -3.22. The van der Waals surface area contributed by atoms with Crippen molar-refractivity contribution in [3.05, 3.63) is 22.3 Å². The van der Waals surface area contributed by atoms with Gasteiger partial charge in [-0.3, -0.25) is 0 Å². The summed E-state index contributed by atoms with van der Waals surface area (Å²) in [4.78, 5) is 0. The fourth-order valence-electron chi connectivity index (χ4n) is 1.53. The number of rotatable bonds is 2. The molecule has 86 valence electrons. The van der Waals surface area contributed by atoms with Crippen LogP contribution in [0.25, 0.3) is 0 Å². The van der Waals surface area contributed by atoms with Crippen molar-refractivity contribution >= 4 is 0 Å². The Morgan fingerprint density at radius 3 is 1.06 bits per heavy atom. The molecule has 1 aromatic rings. The van der Waals surface area contributed by atoms with Gasteiger partial charge in [-0.25, -0.2) is 0 Å². The van der Waals surface area contributed by atoms with Crippen LogP contribution in [0, 0.1) is 45.3 Å². The minimum Gasteiger partial charge on any atom is -0.491 e. The van der Waals surface area contributed by atoms with E-state index in [9.17, 15) is 0 Å². The second-order valence-electron chi connectivity index (χ2n) is 3.01. The van der Waals surface area contributed by atoms with Crippen molar-refractivity contribution in [2.75, 3.05) is 14.2 Å². The predicted molar refractivity (Wildman–Crippen MR) is 58.4 cm³/mol. The molecular weight excluding hydrogens is 232 g/mol. The molecule has 0 aliphatic carbocycles. The Bertz CT molecular complexity index is 607. The Kier molecular flexibility index (Phi) is 3.72. The molecule has 1 rings (SSSR count). The van der Waals surface area contributed by atoms with E-state index in [-0.39, 0.29) is 33.8 Å². The Labute approximate surface area is 103 Å². The van der Waals surface area contributed by atoms with Gasteiger partial charge in [0.25, 0.3) is 0 Å². The van der Waals surface area contributed by atoms with Crippen LogP contribution in [0.2, 0.25) is 0 Å². The second-order valence-corrected chi connectivity index (χ2v) is 3.01. The summed E-state index contributed by atoms with van der Waals surface area (Å²) in [5, 5.41) is 36.1. The maximum atomic E-state index is 9.04. The Morgan fingerprint density at radius 1 is 0.611 bits per heavy atom. The summed E-state index contributed by atoms with van der Waals surface area (Å²) in [6, 6.07) is 7.03. The molecule has 0 amide bonds. The zero-order chi connectivity index (χ0) is 13.7. The van der Waals surface area contributed by atoms with Crippen LogP contribution in [0.15, 0.2) is 0 Å². The maximum Gasteiger partial charge on any atom is 0.181 e. The van der Waals surface area contributed by atoms with Crippen LogP contribution in [-0.4, -0.2) is 14.2 Å². The lowest BCUT2D eigenvalue weighted by Crippen LogP contribution is -2.03. The smallest absolute Gasteiger partial charge is 0.181 e. The van der Waals surface area contributed by atoms with Crippen LogP contribution in [0.4, 0.5) is 0 Å². The highest BCUT2D eigenvalue weighted by molar-refractivity contribution is 5.73. The Morgan fingerprint density at radius 2 is 0.889 bits per heavy atom. The first-order chi connectivity index (χ1) is 8.69. The first kappa shape index (κ1) is 12.8. The van der Waals surface area contributed by atoms with Gasteiger partial charge < -0.3 is 9.47 Å². The lowest BCUT2D eigenvalue weighted by atomic mass is 9.96. The normalized spacial score (nSPS) is 8.33.